The smallest absolute Gasteiger partial charge is 0.302 e. The van der Waals surface area contributed by atoms with Crippen LogP contribution >= 0.6 is 0 Å². The number of H-pyrrole nitrogens is 1. The fourth-order valence-corrected chi connectivity index (χ4v) is 4.32. The number of nitrogens with one attached hydrogen (secondary N) is 1. The van der Waals surface area contributed by atoms with Crippen LogP contribution in [0.15, 0.2) is 66.2 Å². The third kappa shape index (κ3) is 3.74. The number of imidazole rings is 1. The Labute approximate surface area is 205 Å². The summed E-state index contributed by atoms with van der Waals surface area (Å²) in [5.74, 6) is -1.28. The summed E-state index contributed by atoms with van der Waals surface area (Å²) in [6.07, 6.45) is 0. The molecule has 182 valence electrons. The molecule has 1 amide bonds. The van der Waals surface area contributed by atoms with Crippen LogP contribution in [0.1, 0.15) is 22.7 Å². The summed E-state index contributed by atoms with van der Waals surface area (Å²) in [5, 5.41) is 11.2. The average Bonchev–Trinajstić information content (AvgIpc) is 3.42. The van der Waals surface area contributed by atoms with Crippen LogP contribution in [0.3, 0.4) is 0 Å². The Kier molecular flexibility index (Phi) is 5.68. The predicted octanol–water partition coefficient (Wildman–Crippen LogP) is 4.65. The number of aliphatic hydroxyl groups excluding tert-OH is 1. The van der Waals surface area contributed by atoms with E-state index in [4.69, 9.17) is 9.47 Å². The van der Waals surface area contributed by atoms with Gasteiger partial charge in [0.05, 0.1) is 36.9 Å². The van der Waals surface area contributed by atoms with Gasteiger partial charge in [-0.15, -0.1) is 0 Å². The molecule has 2 heterocycles. The highest BCUT2D eigenvalue weighted by Gasteiger charge is 2.48. The number of anilines is 1. The number of methoxy groups -OCH3 is 2. The van der Waals surface area contributed by atoms with Crippen LogP contribution in [0.4, 0.5) is 10.3 Å². The number of hydrogen-bond acceptors (Lipinski definition) is 6. The van der Waals surface area contributed by atoms with Crippen LogP contribution in [-0.2, 0) is 9.59 Å². The molecule has 3 aromatic carbocycles. The number of benzene rings is 3. The number of aromatic amines is 1. The van der Waals surface area contributed by atoms with Crippen molar-refractivity contribution in [3.8, 4) is 11.5 Å². The van der Waals surface area contributed by atoms with E-state index in [9.17, 15) is 19.1 Å². The van der Waals surface area contributed by atoms with E-state index in [-0.39, 0.29) is 17.1 Å². The third-order valence-corrected chi connectivity index (χ3v) is 6.21. The number of aromatic nitrogens is 2. The van der Waals surface area contributed by atoms with Crippen LogP contribution in [-0.4, -0.2) is 41.0 Å². The Morgan fingerprint density at radius 2 is 1.69 bits per heavy atom. The van der Waals surface area contributed by atoms with Crippen molar-refractivity contribution in [1.82, 2.24) is 9.97 Å². The largest absolute Gasteiger partial charge is 0.507 e. The summed E-state index contributed by atoms with van der Waals surface area (Å²) in [7, 11) is 3.07. The zero-order valence-corrected chi connectivity index (χ0v) is 19.7. The van der Waals surface area contributed by atoms with Gasteiger partial charge in [-0.05, 0) is 60.5 Å². The lowest BCUT2D eigenvalue weighted by molar-refractivity contribution is -0.132. The predicted molar refractivity (Wildman–Crippen MR) is 132 cm³/mol. The number of carbonyl (C=O) groups is 2. The number of hydrogen-bond donors (Lipinski definition) is 2. The number of ether oxygens (including phenoxy) is 2. The highest BCUT2D eigenvalue weighted by Crippen LogP contribution is 2.42. The van der Waals surface area contributed by atoms with Gasteiger partial charge in [0.1, 0.15) is 23.1 Å². The average molecular weight is 487 g/mol. The standard InChI is InChI=1S/C27H22FN3O5/c1-14-12-16(6-10-19(14)28)24(32)22-23(15-4-7-17(35-2)8-5-15)31(26(34)25(22)33)27-29-20-11-9-18(36-3)13-21(20)30-27/h4-13,23,32H,1-3H3,(H,29,30)/b24-22+. The molecule has 1 saturated heterocycles. The molecule has 9 heteroatoms. The van der Waals surface area contributed by atoms with Crippen molar-refractivity contribution in [3.63, 3.8) is 0 Å². The second-order valence-electron chi connectivity index (χ2n) is 8.35. The van der Waals surface area contributed by atoms with Crippen LogP contribution in [0.2, 0.25) is 0 Å². The molecule has 2 N–H and O–H groups in total. The van der Waals surface area contributed by atoms with E-state index in [1.54, 1.807) is 49.4 Å². The molecule has 1 aliphatic rings. The zero-order chi connectivity index (χ0) is 25.6. The first-order valence-corrected chi connectivity index (χ1v) is 11.1. The molecule has 8 nitrogen and oxygen atoms in total. The van der Waals surface area contributed by atoms with Crippen LogP contribution in [0.25, 0.3) is 16.8 Å². The summed E-state index contributed by atoms with van der Waals surface area (Å²) >= 11 is 0. The second-order valence-corrected chi connectivity index (χ2v) is 8.35. The Morgan fingerprint density at radius 1 is 1.00 bits per heavy atom. The lowest BCUT2D eigenvalue weighted by atomic mass is 9.95. The Balaban J connectivity index is 1.71. The van der Waals surface area contributed by atoms with Gasteiger partial charge in [0, 0.05) is 11.6 Å². The third-order valence-electron chi connectivity index (χ3n) is 6.21. The van der Waals surface area contributed by atoms with Crippen LogP contribution in [0.5, 0.6) is 11.5 Å². The number of nitrogens with zero attached hydrogens (tertiary/aromatic N) is 2. The molecule has 36 heavy (non-hydrogen) atoms. The Morgan fingerprint density at radius 3 is 2.36 bits per heavy atom. The molecule has 1 fully saturated rings. The Bertz CT molecular complexity index is 1540. The van der Waals surface area contributed by atoms with Crippen molar-refractivity contribution in [2.75, 3.05) is 19.1 Å². The monoisotopic (exact) mass is 487 g/mol. The summed E-state index contributed by atoms with van der Waals surface area (Å²) in [5.41, 5.74) is 2.10. The van der Waals surface area contributed by atoms with Gasteiger partial charge in [-0.2, -0.15) is 0 Å². The van der Waals surface area contributed by atoms with Crippen LogP contribution < -0.4 is 14.4 Å². The van der Waals surface area contributed by atoms with Gasteiger partial charge in [0.2, 0.25) is 5.95 Å². The van der Waals surface area contributed by atoms with Gasteiger partial charge in [0.15, 0.2) is 0 Å². The number of carbonyl (C=O) groups excluding carboxylic acids is 2. The molecule has 4 aromatic rings. The van der Waals surface area contributed by atoms with Gasteiger partial charge in [-0.3, -0.25) is 14.5 Å². The lowest BCUT2D eigenvalue weighted by Crippen LogP contribution is -2.30. The number of aliphatic hydroxyl groups is 1. The van der Waals surface area contributed by atoms with E-state index < -0.39 is 29.3 Å². The minimum absolute atomic E-state index is 0.130. The first-order chi connectivity index (χ1) is 17.3. The summed E-state index contributed by atoms with van der Waals surface area (Å²) < 4.78 is 24.4. The molecule has 1 atom stereocenters. The summed E-state index contributed by atoms with van der Waals surface area (Å²) in [4.78, 5) is 35.5. The number of ketones is 1. The summed E-state index contributed by atoms with van der Waals surface area (Å²) in [6, 6.07) is 15.0. The Hall–Kier alpha value is -4.66. The fourth-order valence-electron chi connectivity index (χ4n) is 4.32. The van der Waals surface area contributed by atoms with Gasteiger partial charge in [-0.1, -0.05) is 12.1 Å². The first-order valence-electron chi connectivity index (χ1n) is 11.1. The SMILES string of the molecule is COc1ccc(C2/C(=C(\O)c3ccc(F)c(C)c3)C(=O)C(=O)N2c2nc3ccc(OC)cc3[nH]2)cc1. The zero-order valence-electron chi connectivity index (χ0n) is 19.7. The van der Waals surface area contributed by atoms with E-state index in [1.807, 2.05) is 0 Å². The highest BCUT2D eigenvalue weighted by atomic mass is 19.1. The molecule has 0 bridgehead atoms. The minimum atomic E-state index is -0.997. The molecule has 0 radical (unpaired) electrons. The molecular weight excluding hydrogens is 465 g/mol. The van der Waals surface area contributed by atoms with E-state index >= 15 is 0 Å². The maximum absolute atomic E-state index is 13.9. The van der Waals surface area contributed by atoms with E-state index in [0.717, 1.165) is 0 Å². The van der Waals surface area contributed by atoms with Crippen molar-refractivity contribution in [1.29, 1.82) is 0 Å². The first kappa shape index (κ1) is 23.1. The molecule has 1 aromatic heterocycles. The number of rotatable bonds is 5. The molecule has 0 spiro atoms. The number of halogens is 1. The van der Waals surface area contributed by atoms with Gasteiger partial charge < -0.3 is 19.6 Å². The molecule has 1 aliphatic heterocycles. The number of amides is 1. The van der Waals surface area contributed by atoms with Crippen molar-refractivity contribution in [2.45, 2.75) is 13.0 Å². The van der Waals surface area contributed by atoms with E-state index in [1.165, 1.54) is 37.3 Å². The fraction of sp³-hybridized carbons (Fsp3) is 0.148. The second kappa shape index (κ2) is 8.84. The minimum Gasteiger partial charge on any atom is -0.507 e. The molecule has 0 aliphatic carbocycles. The van der Waals surface area contributed by atoms with Gasteiger partial charge >= 0.3 is 5.91 Å². The van der Waals surface area contributed by atoms with Crippen molar-refractivity contribution in [2.24, 2.45) is 0 Å². The molecule has 1 unspecified atom stereocenters. The number of fused-ring (bicyclic) bond motifs is 1. The number of Topliss-reactive ketones (excluding diaryl/α,β-unsaturated/α-hetero) is 1. The molecule has 5 rings (SSSR count). The molecular formula is C27H22FN3O5. The van der Waals surface area contributed by atoms with Gasteiger partial charge in [0.25, 0.3) is 5.78 Å². The van der Waals surface area contributed by atoms with E-state index in [2.05, 4.69) is 9.97 Å². The van der Waals surface area contributed by atoms with Crippen molar-refractivity contribution >= 4 is 34.4 Å². The lowest BCUT2D eigenvalue weighted by Gasteiger charge is -2.23. The normalized spacial score (nSPS) is 17.1. The van der Waals surface area contributed by atoms with Crippen molar-refractivity contribution in [3.05, 3.63) is 88.7 Å². The van der Waals surface area contributed by atoms with Crippen LogP contribution in [0, 0.1) is 12.7 Å². The quantitative estimate of drug-likeness (QED) is 0.241. The van der Waals surface area contributed by atoms with E-state index in [0.29, 0.717) is 33.7 Å². The van der Waals surface area contributed by atoms with Gasteiger partial charge in [-0.25, -0.2) is 9.37 Å². The summed E-state index contributed by atoms with van der Waals surface area (Å²) in [6.45, 7) is 1.55. The highest BCUT2D eigenvalue weighted by molar-refractivity contribution is 6.51. The number of aryl methyl sites for hydroxylation is 1. The maximum Gasteiger partial charge on any atom is 0.302 e. The maximum atomic E-state index is 13.9. The molecule has 0 saturated carbocycles. The topological polar surface area (TPSA) is 105 Å². The van der Waals surface area contributed by atoms with Crippen molar-refractivity contribution < 1.29 is 28.6 Å².